The Morgan fingerprint density at radius 2 is 2.00 bits per heavy atom. The normalized spacial score (nSPS) is 18.0. The Morgan fingerprint density at radius 3 is 2.69 bits per heavy atom. The average molecular weight is 199 g/mol. The van der Waals surface area contributed by atoms with Gasteiger partial charge in [0.1, 0.15) is 4.90 Å². The standard InChI is InChI=1S/C7H5NO4S/c8-4-1-2-5-6(3-4)13(10,11)12-7(5)9/h1-3H,8H2. The SMILES string of the molecule is Nc1ccc2c(c1)S(=O)(=O)OC2=O. The average Bonchev–Trinajstić information content (AvgIpc) is 2.23. The highest BCUT2D eigenvalue weighted by atomic mass is 32.2. The van der Waals surface area contributed by atoms with Crippen molar-refractivity contribution in [3.8, 4) is 0 Å². The summed E-state index contributed by atoms with van der Waals surface area (Å²) in [6.07, 6.45) is 0. The van der Waals surface area contributed by atoms with E-state index in [0.29, 0.717) is 0 Å². The van der Waals surface area contributed by atoms with Crippen molar-refractivity contribution in [3.63, 3.8) is 0 Å². The smallest absolute Gasteiger partial charge is 0.355 e. The summed E-state index contributed by atoms with van der Waals surface area (Å²) >= 11 is 0. The van der Waals surface area contributed by atoms with E-state index in [4.69, 9.17) is 5.73 Å². The zero-order valence-corrected chi connectivity index (χ0v) is 7.17. The minimum atomic E-state index is -3.91. The van der Waals surface area contributed by atoms with E-state index in [2.05, 4.69) is 4.18 Å². The number of fused-ring (bicyclic) bond motifs is 1. The molecule has 0 saturated heterocycles. The highest BCUT2D eigenvalue weighted by molar-refractivity contribution is 7.87. The second kappa shape index (κ2) is 2.23. The van der Waals surface area contributed by atoms with Crippen LogP contribution < -0.4 is 5.73 Å². The molecule has 6 heteroatoms. The Bertz CT molecular complexity index is 491. The van der Waals surface area contributed by atoms with Crippen LogP contribution in [0.4, 0.5) is 5.69 Å². The topological polar surface area (TPSA) is 86.5 Å². The van der Waals surface area contributed by atoms with Crippen LogP contribution in [0.2, 0.25) is 0 Å². The maximum atomic E-state index is 11.1. The number of hydrogen-bond acceptors (Lipinski definition) is 5. The molecule has 13 heavy (non-hydrogen) atoms. The molecule has 0 fully saturated rings. The second-order valence-corrected chi connectivity index (χ2v) is 4.10. The zero-order valence-electron chi connectivity index (χ0n) is 6.35. The lowest BCUT2D eigenvalue weighted by atomic mass is 10.2. The van der Waals surface area contributed by atoms with Crippen molar-refractivity contribution in [2.24, 2.45) is 0 Å². The van der Waals surface area contributed by atoms with Gasteiger partial charge in [0, 0.05) is 5.69 Å². The largest absolute Gasteiger partial charge is 0.399 e. The molecule has 0 aromatic heterocycles. The first kappa shape index (κ1) is 8.06. The van der Waals surface area contributed by atoms with Gasteiger partial charge in [0.2, 0.25) is 0 Å². The summed E-state index contributed by atoms with van der Waals surface area (Å²) < 4.78 is 26.4. The lowest BCUT2D eigenvalue weighted by molar-refractivity contribution is 0.0762. The molecule has 1 heterocycles. The molecule has 0 spiro atoms. The summed E-state index contributed by atoms with van der Waals surface area (Å²) in [7, 11) is -3.91. The fraction of sp³-hybridized carbons (Fsp3) is 0. The maximum Gasteiger partial charge on any atom is 0.355 e. The van der Waals surface area contributed by atoms with Crippen LogP contribution in [0.15, 0.2) is 23.1 Å². The van der Waals surface area contributed by atoms with Crippen LogP contribution in [-0.4, -0.2) is 14.4 Å². The van der Waals surface area contributed by atoms with Crippen LogP contribution in [0.5, 0.6) is 0 Å². The van der Waals surface area contributed by atoms with Crippen LogP contribution in [0.3, 0.4) is 0 Å². The van der Waals surface area contributed by atoms with E-state index in [-0.39, 0.29) is 16.1 Å². The third-order valence-corrected chi connectivity index (χ3v) is 2.93. The molecule has 0 aliphatic carbocycles. The highest BCUT2D eigenvalue weighted by Gasteiger charge is 2.35. The van der Waals surface area contributed by atoms with E-state index in [9.17, 15) is 13.2 Å². The predicted molar refractivity (Wildman–Crippen MR) is 43.5 cm³/mol. The van der Waals surface area contributed by atoms with Gasteiger partial charge in [0.05, 0.1) is 5.56 Å². The minimum Gasteiger partial charge on any atom is -0.399 e. The summed E-state index contributed by atoms with van der Waals surface area (Å²) in [5, 5.41) is 0. The van der Waals surface area contributed by atoms with Crippen LogP contribution in [0.1, 0.15) is 10.4 Å². The number of rotatable bonds is 0. The summed E-state index contributed by atoms with van der Waals surface area (Å²) in [5.74, 6) is -0.852. The zero-order chi connectivity index (χ0) is 9.64. The number of nitrogens with two attached hydrogens (primary N) is 1. The molecule has 2 rings (SSSR count). The summed E-state index contributed by atoms with van der Waals surface area (Å²) in [6.45, 7) is 0. The lowest BCUT2D eigenvalue weighted by Gasteiger charge is -1.94. The van der Waals surface area contributed by atoms with Gasteiger partial charge in [-0.2, -0.15) is 8.42 Å². The van der Waals surface area contributed by atoms with Crippen molar-refractivity contribution < 1.29 is 17.4 Å². The van der Waals surface area contributed by atoms with Gasteiger partial charge in [0.15, 0.2) is 0 Å². The van der Waals surface area contributed by atoms with E-state index < -0.39 is 16.1 Å². The molecule has 0 atom stereocenters. The van der Waals surface area contributed by atoms with Gasteiger partial charge in [-0.1, -0.05) is 0 Å². The van der Waals surface area contributed by atoms with E-state index in [1.54, 1.807) is 0 Å². The molecular formula is C7H5NO4S. The van der Waals surface area contributed by atoms with Crippen molar-refractivity contribution in [1.82, 2.24) is 0 Å². The van der Waals surface area contributed by atoms with E-state index in [1.165, 1.54) is 18.2 Å². The quantitative estimate of drug-likeness (QED) is 0.474. The van der Waals surface area contributed by atoms with Crippen LogP contribution >= 0.6 is 0 Å². The molecule has 5 nitrogen and oxygen atoms in total. The fourth-order valence-electron chi connectivity index (χ4n) is 1.10. The van der Waals surface area contributed by atoms with Gasteiger partial charge in [-0.05, 0) is 18.2 Å². The summed E-state index contributed by atoms with van der Waals surface area (Å²) in [5.41, 5.74) is 5.68. The second-order valence-electron chi connectivity index (χ2n) is 2.58. The molecule has 2 N–H and O–H groups in total. The predicted octanol–water partition coefficient (Wildman–Crippen LogP) is 0.128. The molecule has 0 radical (unpaired) electrons. The lowest BCUT2D eigenvalue weighted by Crippen LogP contribution is -1.99. The molecular weight excluding hydrogens is 194 g/mol. The number of carbonyl (C=O) groups is 1. The Kier molecular flexibility index (Phi) is 1.38. The van der Waals surface area contributed by atoms with E-state index in [0.717, 1.165) is 0 Å². The molecule has 1 aromatic carbocycles. The van der Waals surface area contributed by atoms with Crippen molar-refractivity contribution >= 4 is 21.8 Å². The van der Waals surface area contributed by atoms with Gasteiger partial charge >= 0.3 is 16.1 Å². The van der Waals surface area contributed by atoms with E-state index in [1.807, 2.05) is 0 Å². The first-order valence-electron chi connectivity index (χ1n) is 3.39. The number of nitrogen functional groups attached to an aromatic ring is 1. The molecule has 68 valence electrons. The summed E-state index contributed by atoms with van der Waals surface area (Å²) in [6, 6.07) is 3.98. The van der Waals surface area contributed by atoms with Crippen molar-refractivity contribution in [2.45, 2.75) is 4.90 Å². The third kappa shape index (κ3) is 1.06. The van der Waals surface area contributed by atoms with Crippen LogP contribution in [0.25, 0.3) is 0 Å². The molecule has 0 saturated carbocycles. The number of benzene rings is 1. The highest BCUT2D eigenvalue weighted by Crippen LogP contribution is 2.28. The monoisotopic (exact) mass is 199 g/mol. The Hall–Kier alpha value is -1.56. The van der Waals surface area contributed by atoms with Crippen molar-refractivity contribution in [2.75, 3.05) is 5.73 Å². The third-order valence-electron chi connectivity index (χ3n) is 1.68. The van der Waals surface area contributed by atoms with Crippen LogP contribution in [0, 0.1) is 0 Å². The molecule has 0 amide bonds. The Morgan fingerprint density at radius 1 is 1.31 bits per heavy atom. The first-order valence-corrected chi connectivity index (χ1v) is 4.80. The van der Waals surface area contributed by atoms with Gasteiger partial charge in [-0.15, -0.1) is 0 Å². The number of carbonyl (C=O) groups excluding carboxylic acids is 1. The number of anilines is 1. The molecule has 1 aliphatic heterocycles. The van der Waals surface area contributed by atoms with Gasteiger partial charge in [-0.3, -0.25) is 0 Å². The minimum absolute atomic E-state index is 0.0363. The maximum absolute atomic E-state index is 11.1. The van der Waals surface area contributed by atoms with Crippen molar-refractivity contribution in [3.05, 3.63) is 23.8 Å². The summed E-state index contributed by atoms with van der Waals surface area (Å²) in [4.78, 5) is 10.8. The Labute approximate surface area is 74.2 Å². The molecule has 1 aromatic rings. The van der Waals surface area contributed by atoms with E-state index >= 15 is 0 Å². The molecule has 0 unspecified atom stereocenters. The van der Waals surface area contributed by atoms with Gasteiger partial charge < -0.3 is 9.92 Å². The van der Waals surface area contributed by atoms with Gasteiger partial charge in [-0.25, -0.2) is 4.79 Å². The fourth-order valence-corrected chi connectivity index (χ4v) is 2.18. The van der Waals surface area contributed by atoms with Gasteiger partial charge in [0.25, 0.3) is 0 Å². The number of hydrogen-bond donors (Lipinski definition) is 1. The molecule has 1 aliphatic rings. The first-order chi connectivity index (χ1) is 6.00. The van der Waals surface area contributed by atoms with Crippen LogP contribution in [-0.2, 0) is 14.3 Å². The molecule has 0 bridgehead atoms. The Balaban J connectivity index is 2.81. The van der Waals surface area contributed by atoms with Crippen molar-refractivity contribution in [1.29, 1.82) is 0 Å².